The van der Waals surface area contributed by atoms with Crippen molar-refractivity contribution in [3.63, 3.8) is 0 Å². The Hall–Kier alpha value is -4.00. The molecule has 0 saturated carbocycles. The molecule has 1 amide bonds. The van der Waals surface area contributed by atoms with Gasteiger partial charge in [0.1, 0.15) is 5.65 Å². The first kappa shape index (κ1) is 18.4. The zero-order chi connectivity index (χ0) is 20.5. The Labute approximate surface area is 165 Å². The number of nitrogens with zero attached hydrogens (tertiary/aromatic N) is 3. The SMILES string of the molecule is Cn1c(=O)c2cc(NC(=O)/C=C/c3cccc4ccccc34)cnc2n(C)c1=O. The van der Waals surface area contributed by atoms with E-state index in [2.05, 4.69) is 10.3 Å². The molecule has 0 aliphatic heterocycles. The number of pyridine rings is 1. The number of benzene rings is 2. The van der Waals surface area contributed by atoms with Gasteiger partial charge < -0.3 is 5.32 Å². The molecule has 0 bridgehead atoms. The van der Waals surface area contributed by atoms with E-state index in [0.29, 0.717) is 5.69 Å². The Kier molecular flexibility index (Phi) is 4.56. The van der Waals surface area contributed by atoms with Crippen LogP contribution in [0.5, 0.6) is 0 Å². The minimum Gasteiger partial charge on any atom is -0.321 e. The summed E-state index contributed by atoms with van der Waals surface area (Å²) in [7, 11) is 2.95. The lowest BCUT2D eigenvalue weighted by molar-refractivity contribution is -0.111. The predicted molar refractivity (Wildman–Crippen MR) is 114 cm³/mol. The van der Waals surface area contributed by atoms with Gasteiger partial charge in [0.2, 0.25) is 5.91 Å². The number of rotatable bonds is 3. The van der Waals surface area contributed by atoms with Crippen molar-refractivity contribution >= 4 is 39.5 Å². The largest absolute Gasteiger partial charge is 0.332 e. The van der Waals surface area contributed by atoms with E-state index in [0.717, 1.165) is 20.9 Å². The van der Waals surface area contributed by atoms with Crippen LogP contribution in [0.3, 0.4) is 0 Å². The maximum atomic E-state index is 12.4. The van der Waals surface area contributed by atoms with Gasteiger partial charge in [-0.25, -0.2) is 9.78 Å². The summed E-state index contributed by atoms with van der Waals surface area (Å²) in [4.78, 5) is 40.9. The molecule has 0 atom stereocenters. The summed E-state index contributed by atoms with van der Waals surface area (Å²) >= 11 is 0. The third kappa shape index (κ3) is 3.34. The summed E-state index contributed by atoms with van der Waals surface area (Å²) in [5, 5.41) is 5.11. The van der Waals surface area contributed by atoms with E-state index in [9.17, 15) is 14.4 Å². The molecule has 1 N–H and O–H groups in total. The molecule has 0 aliphatic rings. The molecule has 2 aromatic carbocycles. The van der Waals surface area contributed by atoms with Crippen molar-refractivity contribution in [3.05, 3.63) is 87.2 Å². The van der Waals surface area contributed by atoms with Crippen LogP contribution >= 0.6 is 0 Å². The van der Waals surface area contributed by atoms with Crippen LogP contribution in [0.15, 0.2) is 70.4 Å². The Balaban J connectivity index is 1.63. The lowest BCUT2D eigenvalue weighted by atomic mass is 10.0. The Morgan fingerprint density at radius 2 is 1.76 bits per heavy atom. The Morgan fingerprint density at radius 3 is 2.59 bits per heavy atom. The van der Waals surface area contributed by atoms with E-state index in [1.165, 1.54) is 30.0 Å². The second kappa shape index (κ2) is 7.20. The fourth-order valence-corrected chi connectivity index (χ4v) is 3.28. The number of carbonyl (C=O) groups is 1. The number of hydrogen-bond donors (Lipinski definition) is 1. The predicted octanol–water partition coefficient (Wildman–Crippen LogP) is 2.44. The van der Waals surface area contributed by atoms with Crippen molar-refractivity contribution in [2.75, 3.05) is 5.32 Å². The van der Waals surface area contributed by atoms with Crippen molar-refractivity contribution in [3.8, 4) is 0 Å². The van der Waals surface area contributed by atoms with Crippen LogP contribution in [0.25, 0.3) is 27.9 Å². The molecule has 0 unspecified atom stereocenters. The number of carbonyl (C=O) groups excluding carboxylic acids is 1. The van der Waals surface area contributed by atoms with E-state index >= 15 is 0 Å². The van der Waals surface area contributed by atoms with Crippen LogP contribution in [0.4, 0.5) is 5.69 Å². The number of fused-ring (bicyclic) bond motifs is 2. The summed E-state index contributed by atoms with van der Waals surface area (Å²) in [5.74, 6) is -0.347. The van der Waals surface area contributed by atoms with Gasteiger partial charge >= 0.3 is 5.69 Å². The maximum absolute atomic E-state index is 12.4. The van der Waals surface area contributed by atoms with Crippen molar-refractivity contribution in [2.24, 2.45) is 14.1 Å². The fraction of sp³-hybridized carbons (Fsp3) is 0.0909. The highest BCUT2D eigenvalue weighted by atomic mass is 16.2. The summed E-state index contributed by atoms with van der Waals surface area (Å²) in [6, 6.07) is 15.3. The van der Waals surface area contributed by atoms with E-state index in [4.69, 9.17) is 0 Å². The zero-order valence-corrected chi connectivity index (χ0v) is 15.9. The van der Waals surface area contributed by atoms with Gasteiger partial charge in [-0.2, -0.15) is 0 Å². The minimum atomic E-state index is -0.460. The van der Waals surface area contributed by atoms with Gasteiger partial charge in [0.15, 0.2) is 0 Å². The van der Waals surface area contributed by atoms with Crippen LogP contribution in [0, 0.1) is 0 Å². The number of hydrogen-bond acceptors (Lipinski definition) is 4. The average molecular weight is 386 g/mol. The highest BCUT2D eigenvalue weighted by molar-refractivity contribution is 6.04. The molecular weight excluding hydrogens is 368 g/mol. The second-order valence-corrected chi connectivity index (χ2v) is 6.69. The molecule has 0 aliphatic carbocycles. The zero-order valence-electron chi connectivity index (χ0n) is 15.9. The quantitative estimate of drug-likeness (QED) is 0.548. The molecule has 0 fully saturated rings. The summed E-state index contributed by atoms with van der Waals surface area (Å²) < 4.78 is 2.30. The van der Waals surface area contributed by atoms with E-state index < -0.39 is 11.2 Å². The van der Waals surface area contributed by atoms with Crippen LogP contribution in [-0.4, -0.2) is 20.0 Å². The molecule has 4 rings (SSSR count). The highest BCUT2D eigenvalue weighted by Crippen LogP contribution is 2.19. The van der Waals surface area contributed by atoms with E-state index in [1.54, 1.807) is 13.1 Å². The first-order valence-corrected chi connectivity index (χ1v) is 8.98. The molecule has 0 spiro atoms. The number of aryl methyl sites for hydroxylation is 1. The standard InChI is InChI=1S/C22H18N4O3/c1-25-20-18(21(28)26(2)22(25)29)12-16(13-23-20)24-19(27)11-10-15-8-5-7-14-6-3-4-9-17(14)15/h3-13H,1-2H3,(H,24,27)/b11-10+. The molecule has 0 radical (unpaired) electrons. The minimum absolute atomic E-state index is 0.255. The van der Waals surface area contributed by atoms with Crippen LogP contribution in [-0.2, 0) is 18.9 Å². The van der Waals surface area contributed by atoms with E-state index in [-0.39, 0.29) is 16.9 Å². The number of amides is 1. The van der Waals surface area contributed by atoms with E-state index in [1.807, 2.05) is 42.5 Å². The van der Waals surface area contributed by atoms with Gasteiger partial charge in [-0.05, 0) is 28.5 Å². The van der Waals surface area contributed by atoms with Crippen LogP contribution in [0.2, 0.25) is 0 Å². The second-order valence-electron chi connectivity index (χ2n) is 6.69. The number of anilines is 1. The molecule has 7 nitrogen and oxygen atoms in total. The van der Waals surface area contributed by atoms with Crippen LogP contribution in [0.1, 0.15) is 5.56 Å². The molecule has 0 saturated heterocycles. The molecule has 7 heteroatoms. The van der Waals surface area contributed by atoms with Crippen molar-refractivity contribution in [1.29, 1.82) is 0 Å². The highest BCUT2D eigenvalue weighted by Gasteiger charge is 2.11. The van der Waals surface area contributed by atoms with Crippen molar-refractivity contribution in [2.45, 2.75) is 0 Å². The number of nitrogens with one attached hydrogen (secondary N) is 1. The van der Waals surface area contributed by atoms with Gasteiger partial charge in [-0.15, -0.1) is 0 Å². The van der Waals surface area contributed by atoms with Crippen molar-refractivity contribution < 1.29 is 4.79 Å². The lowest BCUT2D eigenvalue weighted by Crippen LogP contribution is -2.37. The smallest absolute Gasteiger partial charge is 0.321 e. The third-order valence-corrected chi connectivity index (χ3v) is 4.80. The molecule has 2 aromatic heterocycles. The van der Waals surface area contributed by atoms with Gasteiger partial charge in [0.25, 0.3) is 5.56 Å². The third-order valence-electron chi connectivity index (χ3n) is 4.80. The Bertz CT molecular complexity index is 1410. The van der Waals surface area contributed by atoms with Gasteiger partial charge in [0.05, 0.1) is 17.3 Å². The average Bonchev–Trinajstić information content (AvgIpc) is 2.74. The Morgan fingerprint density at radius 1 is 1.00 bits per heavy atom. The summed E-state index contributed by atoms with van der Waals surface area (Å²) in [6.45, 7) is 0. The molecule has 29 heavy (non-hydrogen) atoms. The summed E-state index contributed by atoms with van der Waals surface area (Å²) in [6.07, 6.45) is 4.60. The maximum Gasteiger partial charge on any atom is 0.332 e. The van der Waals surface area contributed by atoms with Gasteiger partial charge in [-0.1, -0.05) is 42.5 Å². The topological polar surface area (TPSA) is 86.0 Å². The normalized spacial score (nSPS) is 11.4. The van der Waals surface area contributed by atoms with Crippen molar-refractivity contribution in [1.82, 2.24) is 14.1 Å². The van der Waals surface area contributed by atoms with Crippen LogP contribution < -0.4 is 16.6 Å². The molecule has 2 heterocycles. The number of aromatic nitrogens is 3. The molecule has 144 valence electrons. The molecule has 4 aromatic rings. The molecular formula is C22H18N4O3. The first-order valence-electron chi connectivity index (χ1n) is 8.98. The van der Waals surface area contributed by atoms with Gasteiger partial charge in [0, 0.05) is 20.2 Å². The fourth-order valence-electron chi connectivity index (χ4n) is 3.28. The summed E-state index contributed by atoms with van der Waals surface area (Å²) in [5.41, 5.74) is 0.657. The van der Waals surface area contributed by atoms with Gasteiger partial charge in [-0.3, -0.25) is 18.7 Å². The first-order chi connectivity index (χ1) is 14.0. The monoisotopic (exact) mass is 386 g/mol. The lowest BCUT2D eigenvalue weighted by Gasteiger charge is -2.08.